The van der Waals surface area contributed by atoms with Crippen molar-refractivity contribution in [3.05, 3.63) is 71.4 Å². The fraction of sp³-hybridized carbons (Fsp3) is 0.211. The van der Waals surface area contributed by atoms with E-state index in [0.29, 0.717) is 25.3 Å². The summed E-state index contributed by atoms with van der Waals surface area (Å²) in [4.78, 5) is 11.9. The number of rotatable bonds is 7. The Bertz CT molecular complexity index is 879. The highest BCUT2D eigenvalue weighted by Gasteiger charge is 2.10. The minimum Gasteiger partial charge on any atom is -0.497 e. The molecule has 2 aromatic carbocycles. The van der Waals surface area contributed by atoms with Gasteiger partial charge in [-0.15, -0.1) is 5.10 Å². The van der Waals surface area contributed by atoms with Gasteiger partial charge in [-0.1, -0.05) is 29.4 Å². The highest BCUT2D eigenvalue weighted by molar-refractivity contribution is 5.86. The Balaban J connectivity index is 1.43. The number of nitrogens with one attached hydrogen (secondary N) is 2. The normalized spacial score (nSPS) is 10.4. The zero-order valence-electron chi connectivity index (χ0n) is 14.7. The van der Waals surface area contributed by atoms with Gasteiger partial charge in [0.05, 0.1) is 13.5 Å². The molecule has 2 amide bonds. The number of benzene rings is 2. The summed E-state index contributed by atoms with van der Waals surface area (Å²) >= 11 is 0. The first-order valence-electron chi connectivity index (χ1n) is 8.37. The average Bonchev–Trinajstić information content (AvgIpc) is 3.11. The molecule has 8 heteroatoms. The second-order valence-electron chi connectivity index (χ2n) is 5.78. The van der Waals surface area contributed by atoms with Crippen molar-refractivity contribution in [1.29, 1.82) is 0 Å². The summed E-state index contributed by atoms with van der Waals surface area (Å²) in [6, 6.07) is 13.2. The van der Waals surface area contributed by atoms with E-state index in [1.807, 2.05) is 24.3 Å². The van der Waals surface area contributed by atoms with E-state index >= 15 is 0 Å². The molecule has 0 aliphatic rings. The molecule has 1 aromatic heterocycles. The molecule has 0 atom stereocenters. The van der Waals surface area contributed by atoms with E-state index in [9.17, 15) is 9.18 Å². The predicted octanol–water partition coefficient (Wildman–Crippen LogP) is 3.17. The molecule has 0 aliphatic heterocycles. The molecule has 0 spiro atoms. The molecule has 0 saturated carbocycles. The van der Waals surface area contributed by atoms with Crippen LogP contribution in [0.15, 0.2) is 52.9 Å². The molecule has 0 bridgehead atoms. The van der Waals surface area contributed by atoms with E-state index < -0.39 is 6.03 Å². The molecule has 27 heavy (non-hydrogen) atoms. The molecule has 1 heterocycles. The fourth-order valence-corrected chi connectivity index (χ4v) is 2.41. The van der Waals surface area contributed by atoms with Crippen LogP contribution in [-0.2, 0) is 12.8 Å². The highest BCUT2D eigenvalue weighted by atomic mass is 19.1. The van der Waals surface area contributed by atoms with Gasteiger partial charge in [0.25, 0.3) is 0 Å². The van der Waals surface area contributed by atoms with Crippen LogP contribution in [0.3, 0.4) is 0 Å². The molecule has 0 unspecified atom stereocenters. The summed E-state index contributed by atoms with van der Waals surface area (Å²) in [5, 5.41) is 12.9. The summed E-state index contributed by atoms with van der Waals surface area (Å²) in [5.41, 5.74) is 1.91. The SMILES string of the molecule is COc1ccc(CCNC(=O)Nc2nnc(Cc3ccc(F)cc3)o2)cc1. The molecule has 7 nitrogen and oxygen atoms in total. The van der Waals surface area contributed by atoms with Crippen molar-refractivity contribution in [2.45, 2.75) is 12.8 Å². The van der Waals surface area contributed by atoms with Gasteiger partial charge >= 0.3 is 12.0 Å². The average molecular weight is 370 g/mol. The summed E-state index contributed by atoms with van der Waals surface area (Å²) < 4.78 is 23.4. The Hall–Kier alpha value is -3.42. The monoisotopic (exact) mass is 370 g/mol. The van der Waals surface area contributed by atoms with Crippen LogP contribution in [0.1, 0.15) is 17.0 Å². The quantitative estimate of drug-likeness (QED) is 0.667. The van der Waals surface area contributed by atoms with Crippen molar-refractivity contribution in [1.82, 2.24) is 15.5 Å². The van der Waals surface area contributed by atoms with Crippen LogP contribution in [0.5, 0.6) is 5.75 Å². The minimum atomic E-state index is -0.430. The lowest BCUT2D eigenvalue weighted by Gasteiger charge is -2.05. The fourth-order valence-electron chi connectivity index (χ4n) is 2.41. The lowest BCUT2D eigenvalue weighted by Crippen LogP contribution is -2.30. The van der Waals surface area contributed by atoms with Gasteiger partial charge in [0.1, 0.15) is 11.6 Å². The Labute approximate surface area is 155 Å². The Kier molecular flexibility index (Phi) is 5.98. The molecule has 140 valence electrons. The standard InChI is InChI=1S/C19H19FN4O3/c1-26-16-8-4-13(5-9-16)10-11-21-18(25)22-19-24-23-17(27-19)12-14-2-6-15(20)7-3-14/h2-9H,10-12H2,1H3,(H2,21,22,24,25). The maximum atomic E-state index is 12.9. The number of urea groups is 1. The van der Waals surface area contributed by atoms with Crippen LogP contribution in [0.25, 0.3) is 0 Å². The van der Waals surface area contributed by atoms with Gasteiger partial charge in [0, 0.05) is 6.54 Å². The third-order valence-corrected chi connectivity index (χ3v) is 3.81. The van der Waals surface area contributed by atoms with Gasteiger partial charge in [-0.2, -0.15) is 0 Å². The lowest BCUT2D eigenvalue weighted by atomic mass is 10.1. The van der Waals surface area contributed by atoms with Crippen LogP contribution < -0.4 is 15.4 Å². The summed E-state index contributed by atoms with van der Waals surface area (Å²) in [6.45, 7) is 0.453. The maximum absolute atomic E-state index is 12.9. The predicted molar refractivity (Wildman–Crippen MR) is 97.2 cm³/mol. The van der Waals surface area contributed by atoms with Crippen LogP contribution in [-0.4, -0.2) is 29.9 Å². The number of anilines is 1. The molecule has 3 rings (SSSR count). The van der Waals surface area contributed by atoms with Gasteiger partial charge < -0.3 is 14.5 Å². The highest BCUT2D eigenvalue weighted by Crippen LogP contribution is 2.13. The molecule has 0 radical (unpaired) electrons. The first-order valence-corrected chi connectivity index (χ1v) is 8.37. The Morgan fingerprint density at radius 2 is 1.78 bits per heavy atom. The maximum Gasteiger partial charge on any atom is 0.323 e. The molecule has 0 fully saturated rings. The lowest BCUT2D eigenvalue weighted by molar-refractivity contribution is 0.251. The second-order valence-corrected chi connectivity index (χ2v) is 5.78. The number of methoxy groups -OCH3 is 1. The van der Waals surface area contributed by atoms with Crippen molar-refractivity contribution in [3.8, 4) is 5.75 Å². The topological polar surface area (TPSA) is 89.3 Å². The van der Waals surface area contributed by atoms with Gasteiger partial charge in [0.2, 0.25) is 5.89 Å². The van der Waals surface area contributed by atoms with Crippen molar-refractivity contribution >= 4 is 12.0 Å². The summed E-state index contributed by atoms with van der Waals surface area (Å²) in [6.07, 6.45) is 1.03. The van der Waals surface area contributed by atoms with Crippen LogP contribution >= 0.6 is 0 Å². The third kappa shape index (κ3) is 5.53. The van der Waals surface area contributed by atoms with Crippen molar-refractivity contribution in [2.75, 3.05) is 19.0 Å². The largest absolute Gasteiger partial charge is 0.497 e. The van der Waals surface area contributed by atoms with Crippen molar-refractivity contribution < 1.29 is 18.3 Å². The zero-order chi connectivity index (χ0) is 19.1. The van der Waals surface area contributed by atoms with E-state index in [4.69, 9.17) is 9.15 Å². The molecular formula is C19H19FN4O3. The summed E-state index contributed by atoms with van der Waals surface area (Å²) in [5.74, 6) is 0.811. The molecule has 2 N–H and O–H groups in total. The zero-order valence-corrected chi connectivity index (χ0v) is 14.7. The number of nitrogens with zero attached hydrogens (tertiary/aromatic N) is 2. The van der Waals surface area contributed by atoms with Crippen molar-refractivity contribution in [3.63, 3.8) is 0 Å². The molecule has 0 saturated heterocycles. The van der Waals surface area contributed by atoms with Gasteiger partial charge in [-0.3, -0.25) is 5.32 Å². The number of aromatic nitrogens is 2. The van der Waals surface area contributed by atoms with E-state index in [2.05, 4.69) is 20.8 Å². The van der Waals surface area contributed by atoms with Gasteiger partial charge in [0.15, 0.2) is 0 Å². The smallest absolute Gasteiger partial charge is 0.323 e. The Morgan fingerprint density at radius 1 is 1.07 bits per heavy atom. The summed E-state index contributed by atoms with van der Waals surface area (Å²) in [7, 11) is 1.61. The number of hydrogen-bond donors (Lipinski definition) is 2. The third-order valence-electron chi connectivity index (χ3n) is 3.81. The number of carbonyl (C=O) groups is 1. The van der Waals surface area contributed by atoms with Crippen LogP contribution in [0.4, 0.5) is 15.2 Å². The van der Waals surface area contributed by atoms with E-state index in [1.54, 1.807) is 19.2 Å². The van der Waals surface area contributed by atoms with Crippen LogP contribution in [0, 0.1) is 5.82 Å². The molecule has 3 aromatic rings. The Morgan fingerprint density at radius 3 is 2.48 bits per heavy atom. The number of ether oxygens (including phenoxy) is 1. The van der Waals surface area contributed by atoms with E-state index in [0.717, 1.165) is 16.9 Å². The molecule has 0 aliphatic carbocycles. The number of hydrogen-bond acceptors (Lipinski definition) is 5. The molecular weight excluding hydrogens is 351 g/mol. The first kappa shape index (κ1) is 18.4. The number of halogens is 1. The minimum absolute atomic E-state index is 0.00839. The first-order chi connectivity index (χ1) is 13.1. The van der Waals surface area contributed by atoms with Crippen LogP contribution in [0.2, 0.25) is 0 Å². The van der Waals surface area contributed by atoms with Crippen molar-refractivity contribution in [2.24, 2.45) is 0 Å². The van der Waals surface area contributed by atoms with Gasteiger partial charge in [-0.25, -0.2) is 9.18 Å². The number of carbonyl (C=O) groups excluding carboxylic acids is 1. The van der Waals surface area contributed by atoms with E-state index in [1.165, 1.54) is 12.1 Å². The number of amides is 2. The van der Waals surface area contributed by atoms with Gasteiger partial charge in [-0.05, 0) is 41.8 Å². The second kappa shape index (κ2) is 8.79. The van der Waals surface area contributed by atoms with E-state index in [-0.39, 0.29) is 11.8 Å².